The Hall–Kier alpha value is -3.67. The lowest BCUT2D eigenvalue weighted by Gasteiger charge is -2.12. The van der Waals surface area contributed by atoms with E-state index in [1.807, 2.05) is 0 Å². The molecule has 0 atom stereocenters. The minimum atomic E-state index is -0.366. The lowest BCUT2D eigenvalue weighted by atomic mass is 10.1. The average Bonchev–Trinajstić information content (AvgIpc) is 2.72. The van der Waals surface area contributed by atoms with Crippen molar-refractivity contribution in [2.24, 2.45) is 0 Å². The Bertz CT molecular complexity index is 987. The van der Waals surface area contributed by atoms with Crippen molar-refractivity contribution in [2.75, 3.05) is 12.4 Å². The zero-order valence-corrected chi connectivity index (χ0v) is 15.2. The number of para-hydroxylation sites is 1. The van der Waals surface area contributed by atoms with Crippen LogP contribution in [0.3, 0.4) is 0 Å². The summed E-state index contributed by atoms with van der Waals surface area (Å²) in [6, 6.07) is 19.4. The van der Waals surface area contributed by atoms with Gasteiger partial charge in [0, 0.05) is 12.1 Å². The first kappa shape index (κ1) is 19.1. The third-order valence-corrected chi connectivity index (χ3v) is 4.11. The van der Waals surface area contributed by atoms with Gasteiger partial charge >= 0.3 is 0 Å². The van der Waals surface area contributed by atoms with E-state index >= 15 is 0 Å². The molecular formula is C22H19FN2O3. The van der Waals surface area contributed by atoms with Crippen molar-refractivity contribution in [1.29, 1.82) is 0 Å². The molecule has 0 aliphatic carbocycles. The molecule has 3 aromatic carbocycles. The number of hydrogen-bond acceptors (Lipinski definition) is 3. The molecule has 0 bridgehead atoms. The molecule has 28 heavy (non-hydrogen) atoms. The topological polar surface area (TPSA) is 67.4 Å². The SMILES string of the molecule is COc1ccc(C(=O)Nc2ccccc2C(=O)NCc2cccc(F)c2)cc1. The number of benzene rings is 3. The highest BCUT2D eigenvalue weighted by molar-refractivity contribution is 6.09. The smallest absolute Gasteiger partial charge is 0.255 e. The van der Waals surface area contributed by atoms with Gasteiger partial charge in [0.25, 0.3) is 11.8 Å². The summed E-state index contributed by atoms with van der Waals surface area (Å²) < 4.78 is 18.3. The van der Waals surface area contributed by atoms with Crippen LogP contribution in [0.15, 0.2) is 72.8 Å². The Labute approximate surface area is 162 Å². The lowest BCUT2D eigenvalue weighted by molar-refractivity contribution is 0.0951. The Kier molecular flexibility index (Phi) is 6.01. The summed E-state index contributed by atoms with van der Waals surface area (Å²) in [6.07, 6.45) is 0. The zero-order chi connectivity index (χ0) is 19.9. The van der Waals surface area contributed by atoms with Crippen molar-refractivity contribution in [2.45, 2.75) is 6.54 Å². The maximum absolute atomic E-state index is 13.3. The molecule has 0 aromatic heterocycles. The first-order valence-electron chi connectivity index (χ1n) is 8.64. The molecule has 3 rings (SSSR count). The van der Waals surface area contributed by atoms with Gasteiger partial charge in [-0.15, -0.1) is 0 Å². The summed E-state index contributed by atoms with van der Waals surface area (Å²) >= 11 is 0. The maximum Gasteiger partial charge on any atom is 0.255 e. The number of amides is 2. The lowest BCUT2D eigenvalue weighted by Crippen LogP contribution is -2.25. The average molecular weight is 378 g/mol. The van der Waals surface area contributed by atoms with Gasteiger partial charge in [0.1, 0.15) is 11.6 Å². The molecule has 0 saturated carbocycles. The van der Waals surface area contributed by atoms with E-state index in [9.17, 15) is 14.0 Å². The standard InChI is InChI=1S/C22H19FN2O3/c1-28-18-11-9-16(10-12-18)21(26)25-20-8-3-2-7-19(20)22(27)24-14-15-5-4-6-17(23)13-15/h2-13H,14H2,1H3,(H,24,27)(H,25,26). The number of nitrogens with one attached hydrogen (secondary N) is 2. The van der Waals surface area contributed by atoms with Gasteiger partial charge in [-0.25, -0.2) is 4.39 Å². The van der Waals surface area contributed by atoms with E-state index in [-0.39, 0.29) is 24.2 Å². The fraction of sp³-hybridized carbons (Fsp3) is 0.0909. The molecule has 6 heteroatoms. The molecular weight excluding hydrogens is 359 g/mol. The molecule has 0 aliphatic rings. The molecule has 0 fully saturated rings. The van der Waals surface area contributed by atoms with Crippen LogP contribution in [0.2, 0.25) is 0 Å². The Balaban J connectivity index is 1.71. The van der Waals surface area contributed by atoms with E-state index < -0.39 is 0 Å². The van der Waals surface area contributed by atoms with Crippen molar-refractivity contribution in [3.63, 3.8) is 0 Å². The van der Waals surface area contributed by atoms with Gasteiger partial charge in [0.15, 0.2) is 0 Å². The minimum absolute atomic E-state index is 0.178. The van der Waals surface area contributed by atoms with Gasteiger partial charge in [0.05, 0.1) is 18.4 Å². The van der Waals surface area contributed by atoms with Crippen molar-refractivity contribution in [1.82, 2.24) is 5.32 Å². The fourth-order valence-corrected chi connectivity index (χ4v) is 2.65. The third kappa shape index (κ3) is 4.73. The van der Waals surface area contributed by atoms with E-state index in [1.165, 1.54) is 12.1 Å². The molecule has 2 amide bonds. The Morgan fingerprint density at radius 2 is 1.68 bits per heavy atom. The van der Waals surface area contributed by atoms with E-state index in [4.69, 9.17) is 4.74 Å². The molecule has 0 radical (unpaired) electrons. The molecule has 142 valence electrons. The number of carbonyl (C=O) groups is 2. The zero-order valence-electron chi connectivity index (χ0n) is 15.2. The van der Waals surface area contributed by atoms with Crippen molar-refractivity contribution in [3.05, 3.63) is 95.3 Å². The Morgan fingerprint density at radius 1 is 0.929 bits per heavy atom. The summed E-state index contributed by atoms with van der Waals surface area (Å²) in [5.41, 5.74) is 1.80. The van der Waals surface area contributed by atoms with E-state index in [0.717, 1.165) is 0 Å². The number of anilines is 1. The maximum atomic E-state index is 13.3. The minimum Gasteiger partial charge on any atom is -0.497 e. The van der Waals surface area contributed by atoms with Gasteiger partial charge < -0.3 is 15.4 Å². The second-order valence-electron chi connectivity index (χ2n) is 6.04. The Morgan fingerprint density at radius 3 is 2.39 bits per heavy atom. The highest BCUT2D eigenvalue weighted by atomic mass is 19.1. The summed E-state index contributed by atoms with van der Waals surface area (Å²) in [5.74, 6) is -0.421. The van der Waals surface area contributed by atoms with Crippen LogP contribution in [-0.4, -0.2) is 18.9 Å². The van der Waals surface area contributed by atoms with Gasteiger partial charge in [-0.1, -0.05) is 24.3 Å². The van der Waals surface area contributed by atoms with Gasteiger partial charge in [-0.2, -0.15) is 0 Å². The second-order valence-corrected chi connectivity index (χ2v) is 6.04. The van der Waals surface area contributed by atoms with Crippen LogP contribution in [0.4, 0.5) is 10.1 Å². The normalized spacial score (nSPS) is 10.2. The third-order valence-electron chi connectivity index (χ3n) is 4.11. The van der Waals surface area contributed by atoms with Crippen LogP contribution in [-0.2, 0) is 6.54 Å². The number of halogens is 1. The number of ether oxygens (including phenoxy) is 1. The molecule has 0 spiro atoms. The number of methoxy groups -OCH3 is 1. The van der Waals surface area contributed by atoms with Crippen molar-refractivity contribution >= 4 is 17.5 Å². The number of rotatable bonds is 6. The molecule has 0 saturated heterocycles. The second kappa shape index (κ2) is 8.81. The van der Waals surface area contributed by atoms with Crippen LogP contribution < -0.4 is 15.4 Å². The van der Waals surface area contributed by atoms with Crippen LogP contribution in [0.25, 0.3) is 0 Å². The summed E-state index contributed by atoms with van der Waals surface area (Å²) in [5, 5.41) is 5.49. The molecule has 3 aromatic rings. The van der Waals surface area contributed by atoms with Gasteiger partial charge in [-0.05, 0) is 54.1 Å². The van der Waals surface area contributed by atoms with Crippen molar-refractivity contribution < 1.29 is 18.7 Å². The van der Waals surface area contributed by atoms with E-state index in [2.05, 4.69) is 10.6 Å². The quantitative estimate of drug-likeness (QED) is 0.681. The van der Waals surface area contributed by atoms with Crippen LogP contribution in [0.1, 0.15) is 26.3 Å². The highest BCUT2D eigenvalue weighted by Gasteiger charge is 2.14. The molecule has 0 unspecified atom stereocenters. The molecule has 5 nitrogen and oxygen atoms in total. The number of carbonyl (C=O) groups excluding carboxylic acids is 2. The van der Waals surface area contributed by atoms with Crippen LogP contribution in [0.5, 0.6) is 5.75 Å². The summed E-state index contributed by atoms with van der Waals surface area (Å²) in [7, 11) is 1.55. The van der Waals surface area contributed by atoms with E-state index in [0.29, 0.717) is 28.1 Å². The first-order chi connectivity index (χ1) is 13.6. The molecule has 0 heterocycles. The largest absolute Gasteiger partial charge is 0.497 e. The molecule has 2 N–H and O–H groups in total. The molecule has 0 aliphatic heterocycles. The van der Waals surface area contributed by atoms with Gasteiger partial charge in [-0.3, -0.25) is 9.59 Å². The van der Waals surface area contributed by atoms with E-state index in [1.54, 1.807) is 67.8 Å². The summed E-state index contributed by atoms with van der Waals surface area (Å²) in [4.78, 5) is 25.0. The predicted molar refractivity (Wildman–Crippen MR) is 105 cm³/mol. The highest BCUT2D eigenvalue weighted by Crippen LogP contribution is 2.18. The van der Waals surface area contributed by atoms with Crippen LogP contribution >= 0.6 is 0 Å². The fourth-order valence-electron chi connectivity index (χ4n) is 2.65. The monoisotopic (exact) mass is 378 g/mol. The predicted octanol–water partition coefficient (Wildman–Crippen LogP) is 4.02. The van der Waals surface area contributed by atoms with Crippen LogP contribution in [0, 0.1) is 5.82 Å². The van der Waals surface area contributed by atoms with Crippen molar-refractivity contribution in [3.8, 4) is 5.75 Å². The number of hydrogen-bond donors (Lipinski definition) is 2. The first-order valence-corrected chi connectivity index (χ1v) is 8.64. The summed E-state index contributed by atoms with van der Waals surface area (Å²) in [6.45, 7) is 0.178. The van der Waals surface area contributed by atoms with Gasteiger partial charge in [0.2, 0.25) is 0 Å².